The molecule has 3 heterocycles. The van der Waals surface area contributed by atoms with Crippen molar-refractivity contribution >= 4 is 5.91 Å². The number of rotatable bonds is 1. The minimum absolute atomic E-state index is 0.0191. The number of aromatic nitrogens is 1. The summed E-state index contributed by atoms with van der Waals surface area (Å²) in [7, 11) is 0. The summed E-state index contributed by atoms with van der Waals surface area (Å²) in [6, 6.07) is 3.76. The van der Waals surface area contributed by atoms with Crippen molar-refractivity contribution in [3.8, 4) is 0 Å². The van der Waals surface area contributed by atoms with E-state index in [0.717, 1.165) is 25.7 Å². The number of pyridine rings is 1. The molecule has 2 aliphatic rings. The van der Waals surface area contributed by atoms with Gasteiger partial charge in [0.25, 0.3) is 5.91 Å². The van der Waals surface area contributed by atoms with Crippen molar-refractivity contribution in [1.29, 1.82) is 0 Å². The first-order valence-corrected chi connectivity index (χ1v) is 6.42. The number of carbonyl (C=O) groups excluding carboxylic acids is 1. The van der Waals surface area contributed by atoms with Crippen molar-refractivity contribution < 1.29 is 4.79 Å². The maximum atomic E-state index is 12.4. The van der Waals surface area contributed by atoms with E-state index in [1.807, 2.05) is 4.90 Å². The lowest BCUT2D eigenvalue weighted by Gasteiger charge is -2.37. The first-order chi connectivity index (χ1) is 8.65. The van der Waals surface area contributed by atoms with Crippen LogP contribution in [-0.4, -0.2) is 33.9 Å². The summed E-state index contributed by atoms with van der Waals surface area (Å²) >= 11 is 0. The number of hydrogen-bond acceptors (Lipinski definition) is 3. The molecule has 5 heteroatoms. The summed E-state index contributed by atoms with van der Waals surface area (Å²) in [5, 5.41) is 0. The molecule has 2 saturated heterocycles. The van der Waals surface area contributed by atoms with Crippen LogP contribution in [0.25, 0.3) is 0 Å². The van der Waals surface area contributed by atoms with E-state index in [0.29, 0.717) is 5.56 Å². The minimum atomic E-state index is -0.185. The molecule has 1 aromatic heterocycles. The molecule has 2 unspecified atom stereocenters. The Hall–Kier alpha value is -1.62. The van der Waals surface area contributed by atoms with Crippen LogP contribution in [0.1, 0.15) is 36.0 Å². The highest BCUT2D eigenvalue weighted by molar-refractivity contribution is 5.94. The number of H-pyrrole nitrogens is 1. The number of carbonyl (C=O) groups is 1. The third-order valence-corrected chi connectivity index (χ3v) is 4.04. The predicted molar refractivity (Wildman–Crippen MR) is 67.3 cm³/mol. The molecule has 0 aliphatic carbocycles. The fourth-order valence-corrected chi connectivity index (χ4v) is 3.24. The quantitative estimate of drug-likeness (QED) is 0.757. The maximum absolute atomic E-state index is 12.4. The molecule has 2 bridgehead atoms. The Bertz CT molecular complexity index is 491. The van der Waals surface area contributed by atoms with Crippen molar-refractivity contribution in [1.82, 2.24) is 9.88 Å². The van der Waals surface area contributed by atoms with Gasteiger partial charge in [0, 0.05) is 30.4 Å². The monoisotopic (exact) mass is 247 g/mol. The summed E-state index contributed by atoms with van der Waals surface area (Å²) in [4.78, 5) is 28.0. The van der Waals surface area contributed by atoms with Crippen LogP contribution >= 0.6 is 0 Å². The van der Waals surface area contributed by atoms with Crippen molar-refractivity contribution in [2.75, 3.05) is 0 Å². The number of fused-ring (bicyclic) bond motifs is 2. The van der Waals surface area contributed by atoms with E-state index in [2.05, 4.69) is 4.98 Å². The van der Waals surface area contributed by atoms with Gasteiger partial charge in [-0.2, -0.15) is 0 Å². The van der Waals surface area contributed by atoms with Crippen molar-refractivity contribution in [3.05, 3.63) is 34.2 Å². The predicted octanol–water partition coefficient (Wildman–Crippen LogP) is 0.469. The molecule has 0 spiro atoms. The molecular weight excluding hydrogens is 230 g/mol. The molecule has 2 fully saturated rings. The molecule has 18 heavy (non-hydrogen) atoms. The Morgan fingerprint density at radius 2 is 1.94 bits per heavy atom. The lowest BCUT2D eigenvalue weighted by atomic mass is 9.97. The second-order valence-corrected chi connectivity index (χ2v) is 5.27. The highest BCUT2D eigenvalue weighted by atomic mass is 16.2. The lowest BCUT2D eigenvalue weighted by molar-refractivity contribution is 0.0574. The molecule has 5 nitrogen and oxygen atoms in total. The van der Waals surface area contributed by atoms with Crippen molar-refractivity contribution in [3.63, 3.8) is 0 Å². The summed E-state index contributed by atoms with van der Waals surface area (Å²) in [6.45, 7) is 0. The van der Waals surface area contributed by atoms with Gasteiger partial charge in [-0.25, -0.2) is 0 Å². The van der Waals surface area contributed by atoms with E-state index in [-0.39, 0.29) is 29.6 Å². The number of nitrogens with two attached hydrogens (primary N) is 1. The number of piperidine rings is 1. The molecule has 1 aromatic rings. The van der Waals surface area contributed by atoms with E-state index in [9.17, 15) is 9.59 Å². The molecule has 2 aliphatic heterocycles. The van der Waals surface area contributed by atoms with Gasteiger partial charge in [-0.05, 0) is 31.7 Å². The number of nitrogens with one attached hydrogen (secondary N) is 1. The van der Waals surface area contributed by atoms with Crippen LogP contribution in [0, 0.1) is 0 Å². The van der Waals surface area contributed by atoms with E-state index in [4.69, 9.17) is 5.73 Å². The van der Waals surface area contributed by atoms with Gasteiger partial charge in [-0.3, -0.25) is 9.59 Å². The Balaban J connectivity index is 1.85. The molecule has 3 rings (SSSR count). The van der Waals surface area contributed by atoms with Crippen LogP contribution in [0.15, 0.2) is 23.1 Å². The summed E-state index contributed by atoms with van der Waals surface area (Å²) in [6.07, 6.45) is 5.39. The van der Waals surface area contributed by atoms with E-state index in [1.54, 1.807) is 6.07 Å². The van der Waals surface area contributed by atoms with Gasteiger partial charge >= 0.3 is 0 Å². The van der Waals surface area contributed by atoms with Gasteiger partial charge in [-0.1, -0.05) is 0 Å². The van der Waals surface area contributed by atoms with Crippen molar-refractivity contribution in [2.45, 2.75) is 43.8 Å². The molecule has 0 saturated carbocycles. The Kier molecular flexibility index (Phi) is 2.70. The SMILES string of the molecule is NC1CC2CCC(C1)N2C(=O)c1ccc(=O)[nH]c1. The fourth-order valence-electron chi connectivity index (χ4n) is 3.24. The van der Waals surface area contributed by atoms with Gasteiger partial charge in [-0.15, -0.1) is 0 Å². The zero-order valence-electron chi connectivity index (χ0n) is 10.1. The molecule has 2 atom stereocenters. The molecular formula is C13H17N3O2. The number of nitrogens with zero attached hydrogens (tertiary/aromatic N) is 1. The van der Waals surface area contributed by atoms with Gasteiger partial charge in [0.2, 0.25) is 5.56 Å². The summed E-state index contributed by atoms with van der Waals surface area (Å²) in [5.41, 5.74) is 6.36. The number of hydrogen-bond donors (Lipinski definition) is 2. The average molecular weight is 247 g/mol. The van der Waals surface area contributed by atoms with Crippen LogP contribution in [0.2, 0.25) is 0 Å². The van der Waals surface area contributed by atoms with Gasteiger partial charge in [0.15, 0.2) is 0 Å². The molecule has 3 N–H and O–H groups in total. The zero-order valence-corrected chi connectivity index (χ0v) is 10.1. The first-order valence-electron chi connectivity index (χ1n) is 6.42. The minimum Gasteiger partial charge on any atom is -0.333 e. The third-order valence-electron chi connectivity index (χ3n) is 4.04. The molecule has 0 aromatic carbocycles. The first kappa shape index (κ1) is 11.5. The third kappa shape index (κ3) is 1.84. The highest BCUT2D eigenvalue weighted by Crippen LogP contribution is 2.35. The Morgan fingerprint density at radius 3 is 2.50 bits per heavy atom. The second kappa shape index (κ2) is 4.24. The van der Waals surface area contributed by atoms with Crippen LogP contribution in [0.5, 0.6) is 0 Å². The van der Waals surface area contributed by atoms with Gasteiger partial charge < -0.3 is 15.6 Å². The zero-order chi connectivity index (χ0) is 12.7. The molecule has 1 amide bonds. The van der Waals surface area contributed by atoms with Crippen LogP contribution in [0.4, 0.5) is 0 Å². The largest absolute Gasteiger partial charge is 0.333 e. The van der Waals surface area contributed by atoms with E-state index >= 15 is 0 Å². The molecule has 96 valence electrons. The molecule has 0 radical (unpaired) electrons. The maximum Gasteiger partial charge on any atom is 0.255 e. The standard InChI is InChI=1S/C13H17N3O2/c14-9-5-10-2-3-11(6-9)16(10)13(18)8-1-4-12(17)15-7-8/h1,4,7,9-11H,2-3,5-6,14H2,(H,15,17). The van der Waals surface area contributed by atoms with Gasteiger partial charge in [0.05, 0.1) is 5.56 Å². The van der Waals surface area contributed by atoms with E-state index in [1.165, 1.54) is 12.3 Å². The normalized spacial score (nSPS) is 30.5. The smallest absolute Gasteiger partial charge is 0.255 e. The number of aromatic amines is 1. The van der Waals surface area contributed by atoms with Gasteiger partial charge in [0.1, 0.15) is 0 Å². The van der Waals surface area contributed by atoms with Crippen LogP contribution < -0.4 is 11.3 Å². The summed E-state index contributed by atoms with van der Waals surface area (Å²) < 4.78 is 0. The fraction of sp³-hybridized carbons (Fsp3) is 0.538. The van der Waals surface area contributed by atoms with E-state index < -0.39 is 0 Å². The lowest BCUT2D eigenvalue weighted by Crippen LogP contribution is -2.50. The Labute approximate surface area is 105 Å². The van der Waals surface area contributed by atoms with Crippen LogP contribution in [0.3, 0.4) is 0 Å². The highest BCUT2D eigenvalue weighted by Gasteiger charge is 2.42. The summed E-state index contributed by atoms with van der Waals surface area (Å²) in [5.74, 6) is 0.0191. The second-order valence-electron chi connectivity index (χ2n) is 5.27. The Morgan fingerprint density at radius 1 is 1.28 bits per heavy atom. The van der Waals surface area contributed by atoms with Crippen LogP contribution in [-0.2, 0) is 0 Å². The average Bonchev–Trinajstić information content (AvgIpc) is 2.62. The topological polar surface area (TPSA) is 79.2 Å². The number of amides is 1. The van der Waals surface area contributed by atoms with Crippen molar-refractivity contribution in [2.24, 2.45) is 5.73 Å².